The van der Waals surface area contributed by atoms with Gasteiger partial charge < -0.3 is 24.1 Å². The first-order chi connectivity index (χ1) is 12.8. The third-order valence-corrected chi connectivity index (χ3v) is 6.79. The van der Waals surface area contributed by atoms with E-state index in [0.717, 1.165) is 16.5 Å². The van der Waals surface area contributed by atoms with E-state index in [4.69, 9.17) is 14.2 Å². The number of fused-ring (bicyclic) bond motifs is 1. The second-order valence-electron chi connectivity index (χ2n) is 6.62. The van der Waals surface area contributed by atoms with Crippen molar-refractivity contribution in [2.75, 3.05) is 39.9 Å². The average molecular weight is 396 g/mol. The number of aromatic nitrogens is 1. The fourth-order valence-corrected chi connectivity index (χ4v) is 5.31. The van der Waals surface area contributed by atoms with Crippen LogP contribution in [-0.2, 0) is 21.1 Å². The van der Waals surface area contributed by atoms with E-state index in [0.29, 0.717) is 23.7 Å². The van der Waals surface area contributed by atoms with Crippen LogP contribution >= 0.6 is 0 Å². The maximum Gasteiger partial charge on any atom is 0.227 e. The second-order valence-corrected chi connectivity index (χ2v) is 8.85. The summed E-state index contributed by atoms with van der Waals surface area (Å²) in [7, 11) is 3.21. The van der Waals surface area contributed by atoms with E-state index < -0.39 is 9.84 Å². The highest BCUT2D eigenvalue weighted by Gasteiger charge is 2.33. The largest absolute Gasteiger partial charge is 0.493 e. The zero-order valence-electron chi connectivity index (χ0n) is 15.9. The number of sulfone groups is 1. The van der Waals surface area contributed by atoms with Crippen LogP contribution in [0, 0.1) is 0 Å². The molecule has 0 aliphatic carbocycles. The van der Waals surface area contributed by atoms with Crippen molar-refractivity contribution in [3.63, 3.8) is 0 Å². The molecule has 2 heterocycles. The van der Waals surface area contributed by atoms with Gasteiger partial charge in [-0.3, -0.25) is 4.79 Å². The lowest BCUT2D eigenvalue weighted by atomic mass is 10.1. The van der Waals surface area contributed by atoms with Gasteiger partial charge in [0.1, 0.15) is 0 Å². The molecule has 0 radical (unpaired) electrons. The van der Waals surface area contributed by atoms with E-state index in [1.54, 1.807) is 26.4 Å². The number of hydrogen-bond acceptors (Lipinski definition) is 6. The molecule has 8 nitrogen and oxygen atoms in total. The minimum atomic E-state index is -3.05. The summed E-state index contributed by atoms with van der Waals surface area (Å²) < 4.78 is 39.7. The number of nitrogens with zero attached hydrogens (tertiary/aromatic N) is 1. The molecule has 0 saturated carbocycles. The van der Waals surface area contributed by atoms with Gasteiger partial charge in [0.25, 0.3) is 0 Å². The van der Waals surface area contributed by atoms with Gasteiger partial charge in [0.2, 0.25) is 11.7 Å². The van der Waals surface area contributed by atoms with E-state index >= 15 is 0 Å². The van der Waals surface area contributed by atoms with Gasteiger partial charge in [-0.25, -0.2) is 8.42 Å². The summed E-state index contributed by atoms with van der Waals surface area (Å²) in [6.07, 6.45) is 2.36. The van der Waals surface area contributed by atoms with Crippen LogP contribution in [0.3, 0.4) is 0 Å². The molecule has 1 N–H and O–H groups in total. The molecule has 27 heavy (non-hydrogen) atoms. The molecule has 1 amide bonds. The van der Waals surface area contributed by atoms with Crippen LogP contribution in [-0.4, -0.2) is 70.1 Å². The Hall–Kier alpha value is -2.42. The molecule has 1 atom stereocenters. The Kier molecular flexibility index (Phi) is 5.23. The van der Waals surface area contributed by atoms with Crippen LogP contribution in [0.4, 0.5) is 0 Å². The number of ether oxygens (including phenoxy) is 3. The molecular formula is C18H24N2O6S. The smallest absolute Gasteiger partial charge is 0.227 e. The first kappa shape index (κ1) is 19.3. The molecule has 0 spiro atoms. The van der Waals surface area contributed by atoms with Gasteiger partial charge in [0.15, 0.2) is 21.3 Å². The Morgan fingerprint density at radius 1 is 1.22 bits per heavy atom. The Labute approximate surface area is 158 Å². The van der Waals surface area contributed by atoms with Crippen molar-refractivity contribution >= 4 is 26.6 Å². The fourth-order valence-electron chi connectivity index (χ4n) is 3.54. The number of carbonyl (C=O) groups is 1. The number of benzene rings is 1. The van der Waals surface area contributed by atoms with Crippen LogP contribution in [0.1, 0.15) is 12.0 Å². The molecule has 1 saturated heterocycles. The van der Waals surface area contributed by atoms with E-state index in [2.05, 4.69) is 4.98 Å². The molecule has 1 aromatic carbocycles. The lowest BCUT2D eigenvalue weighted by Gasteiger charge is -2.23. The first-order valence-corrected chi connectivity index (χ1v) is 10.4. The summed E-state index contributed by atoms with van der Waals surface area (Å²) in [5.74, 6) is 1.48. The third kappa shape index (κ3) is 3.55. The van der Waals surface area contributed by atoms with Crippen molar-refractivity contribution in [2.24, 2.45) is 0 Å². The average Bonchev–Trinajstić information content (AvgIpc) is 3.21. The van der Waals surface area contributed by atoms with Crippen LogP contribution in [0.25, 0.3) is 10.9 Å². The van der Waals surface area contributed by atoms with Crippen molar-refractivity contribution in [3.05, 3.63) is 17.8 Å². The minimum Gasteiger partial charge on any atom is -0.493 e. The second kappa shape index (κ2) is 7.30. The summed E-state index contributed by atoms with van der Waals surface area (Å²) in [6, 6.07) is 1.52. The number of rotatable bonds is 6. The normalized spacial score (nSPS) is 18.4. The molecular weight excluding hydrogens is 372 g/mol. The van der Waals surface area contributed by atoms with E-state index in [1.807, 2.05) is 0 Å². The monoisotopic (exact) mass is 396 g/mol. The number of amides is 1. The van der Waals surface area contributed by atoms with Crippen molar-refractivity contribution in [1.82, 2.24) is 9.88 Å². The van der Waals surface area contributed by atoms with Gasteiger partial charge in [-0.1, -0.05) is 0 Å². The van der Waals surface area contributed by atoms with Crippen LogP contribution < -0.4 is 14.2 Å². The van der Waals surface area contributed by atoms with Crippen LogP contribution in [0.15, 0.2) is 12.3 Å². The van der Waals surface area contributed by atoms with Crippen molar-refractivity contribution < 1.29 is 27.4 Å². The van der Waals surface area contributed by atoms with E-state index in [-0.39, 0.29) is 29.9 Å². The predicted octanol–water partition coefficient (Wildman–Crippen LogP) is 1.38. The SMILES string of the molecule is COc1cc2[nH]cc(CC(=O)N(C)C3CCS(=O)(=O)C3)c2c(OC)c1OC. The quantitative estimate of drug-likeness (QED) is 0.792. The number of H-pyrrole nitrogens is 1. The Morgan fingerprint density at radius 3 is 2.48 bits per heavy atom. The molecule has 2 aromatic rings. The molecule has 0 bridgehead atoms. The Morgan fingerprint density at radius 2 is 1.93 bits per heavy atom. The summed E-state index contributed by atoms with van der Waals surface area (Å²) in [6.45, 7) is 0. The minimum absolute atomic E-state index is 0.0253. The van der Waals surface area contributed by atoms with Gasteiger partial charge >= 0.3 is 0 Å². The number of aromatic amines is 1. The molecule has 1 aliphatic rings. The van der Waals surface area contributed by atoms with Crippen LogP contribution in [0.2, 0.25) is 0 Å². The zero-order valence-corrected chi connectivity index (χ0v) is 16.7. The van der Waals surface area contributed by atoms with Gasteiger partial charge in [-0.15, -0.1) is 0 Å². The number of hydrogen-bond donors (Lipinski definition) is 1. The molecule has 148 valence electrons. The van der Waals surface area contributed by atoms with Crippen molar-refractivity contribution in [2.45, 2.75) is 18.9 Å². The number of methoxy groups -OCH3 is 3. The van der Waals surface area contributed by atoms with Gasteiger partial charge in [-0.05, 0) is 12.0 Å². The highest BCUT2D eigenvalue weighted by atomic mass is 32.2. The zero-order chi connectivity index (χ0) is 19.8. The lowest BCUT2D eigenvalue weighted by molar-refractivity contribution is -0.130. The van der Waals surface area contributed by atoms with Crippen molar-refractivity contribution in [3.8, 4) is 17.2 Å². The number of carbonyl (C=O) groups excluding carboxylic acids is 1. The highest BCUT2D eigenvalue weighted by Crippen LogP contribution is 2.44. The maximum absolute atomic E-state index is 12.7. The summed E-state index contributed by atoms with van der Waals surface area (Å²) in [4.78, 5) is 17.4. The Bertz CT molecular complexity index is 966. The van der Waals surface area contributed by atoms with Gasteiger partial charge in [-0.2, -0.15) is 0 Å². The fraction of sp³-hybridized carbons (Fsp3) is 0.500. The van der Waals surface area contributed by atoms with E-state index in [9.17, 15) is 13.2 Å². The lowest BCUT2D eigenvalue weighted by Crippen LogP contribution is -2.38. The molecule has 1 unspecified atom stereocenters. The molecule has 3 rings (SSSR count). The van der Waals surface area contributed by atoms with Crippen molar-refractivity contribution in [1.29, 1.82) is 0 Å². The molecule has 9 heteroatoms. The van der Waals surface area contributed by atoms with E-state index in [1.165, 1.54) is 19.1 Å². The number of nitrogens with one attached hydrogen (secondary N) is 1. The molecule has 1 aliphatic heterocycles. The maximum atomic E-state index is 12.7. The third-order valence-electron chi connectivity index (χ3n) is 5.04. The number of likely N-dealkylation sites (N-methyl/N-ethyl adjacent to an activating group) is 1. The predicted molar refractivity (Wildman–Crippen MR) is 101 cm³/mol. The topological polar surface area (TPSA) is 97.9 Å². The summed E-state index contributed by atoms with van der Waals surface area (Å²) >= 11 is 0. The van der Waals surface area contributed by atoms with Gasteiger partial charge in [0.05, 0.1) is 44.8 Å². The highest BCUT2D eigenvalue weighted by molar-refractivity contribution is 7.91. The molecule has 1 aromatic heterocycles. The summed E-state index contributed by atoms with van der Waals surface area (Å²) in [5, 5.41) is 0.746. The Balaban J connectivity index is 1.92. The summed E-state index contributed by atoms with van der Waals surface area (Å²) in [5.41, 5.74) is 1.51. The van der Waals surface area contributed by atoms with Crippen LogP contribution in [0.5, 0.6) is 17.2 Å². The van der Waals surface area contributed by atoms with Gasteiger partial charge in [0, 0.05) is 30.7 Å². The standard InChI is InChI=1S/C18H24N2O6S/c1-20(12-5-6-27(22,23)10-12)15(21)7-11-9-19-13-8-14(24-2)17(25-3)18(26-4)16(11)13/h8-9,12,19H,5-7,10H2,1-4H3. The first-order valence-electron chi connectivity index (χ1n) is 8.56. The molecule has 1 fully saturated rings.